The average Bonchev–Trinajstić information content (AvgIpc) is 3.08. The van der Waals surface area contributed by atoms with E-state index in [9.17, 15) is 35.8 Å². The first kappa shape index (κ1) is 40.8. The van der Waals surface area contributed by atoms with Gasteiger partial charge in [-0.2, -0.15) is 8.78 Å². The molecule has 3 heterocycles. The molecule has 0 saturated carbocycles. The maximum absolute atomic E-state index is 14.6. The molecule has 5 rings (SSSR count). The highest BCUT2D eigenvalue weighted by atomic mass is 19.3. The summed E-state index contributed by atoms with van der Waals surface area (Å²) in [6, 6.07) is 1.40. The van der Waals surface area contributed by atoms with E-state index >= 15 is 0 Å². The molecule has 2 aromatic carbocycles. The first-order valence-corrected chi connectivity index (χ1v) is 15.5. The molecule has 4 unspecified atom stereocenters. The summed E-state index contributed by atoms with van der Waals surface area (Å²) >= 11 is 0. The molecule has 4 atom stereocenters. The maximum Gasteiger partial charge on any atom is 0.432 e. The van der Waals surface area contributed by atoms with Gasteiger partial charge in [-0.1, -0.05) is 0 Å². The Bertz CT molecular complexity index is 1270. The molecule has 4 N–H and O–H groups in total. The van der Waals surface area contributed by atoms with Crippen LogP contribution in [0.3, 0.4) is 0 Å². The number of hydrogen-bond acceptors (Lipinski definition) is 9. The van der Waals surface area contributed by atoms with E-state index < -0.39 is 52.8 Å². The van der Waals surface area contributed by atoms with Gasteiger partial charge in [0.15, 0.2) is 23.7 Å². The zero-order valence-corrected chi connectivity index (χ0v) is 26.2. The highest BCUT2D eigenvalue weighted by Crippen LogP contribution is 2.38. The molecule has 3 aliphatic rings. The standard InChI is InChI=1S/C23H21F7O5.C9H18O4.FH/c24-15-3-12(22-33-9-13(10-34-22)19-2-1-11(7-31)8-32-19)4-16(25)20(15)23(29,30)35-14-5-17(26)21(28)18(27)6-14;10-3-7-1-2-9(13-6-7)8(4-11)5-12;/h3-6,11,13,19,22,31H,1-2,7-10H2;7-12H,1-6H2;1H. The fourth-order valence-electron chi connectivity index (χ4n) is 5.70. The summed E-state index contributed by atoms with van der Waals surface area (Å²) in [6.45, 7) is 1.31. The Hall–Kier alpha value is -2.64. The molecule has 3 aliphatic heterocycles. The third kappa shape index (κ3) is 10.4. The Kier molecular flexibility index (Phi) is 15.4. The zero-order chi connectivity index (χ0) is 35.0. The Morgan fingerprint density at radius 1 is 0.694 bits per heavy atom. The van der Waals surface area contributed by atoms with Crippen LogP contribution in [-0.4, -0.2) is 85.5 Å². The van der Waals surface area contributed by atoms with Crippen molar-refractivity contribution in [1.29, 1.82) is 0 Å². The van der Waals surface area contributed by atoms with Crippen molar-refractivity contribution in [3.05, 3.63) is 64.5 Å². The van der Waals surface area contributed by atoms with Crippen LogP contribution in [0.15, 0.2) is 24.3 Å². The first-order chi connectivity index (χ1) is 22.9. The number of aliphatic hydroxyl groups excluding tert-OH is 4. The quantitative estimate of drug-likeness (QED) is 0.208. The molecule has 0 amide bonds. The van der Waals surface area contributed by atoms with E-state index in [1.54, 1.807) is 0 Å². The van der Waals surface area contributed by atoms with Gasteiger partial charge >= 0.3 is 6.11 Å². The third-order valence-electron chi connectivity index (χ3n) is 8.60. The largest absolute Gasteiger partial charge is 0.432 e. The predicted octanol–water partition coefficient (Wildman–Crippen LogP) is 4.49. The topological polar surface area (TPSA) is 127 Å². The van der Waals surface area contributed by atoms with Gasteiger partial charge in [-0.3, -0.25) is 4.70 Å². The smallest absolute Gasteiger partial charge is 0.429 e. The summed E-state index contributed by atoms with van der Waals surface area (Å²) in [4.78, 5) is 0. The van der Waals surface area contributed by atoms with Crippen LogP contribution < -0.4 is 4.74 Å². The van der Waals surface area contributed by atoms with E-state index in [1.807, 2.05) is 0 Å². The molecule has 0 aliphatic carbocycles. The number of ether oxygens (including phenoxy) is 5. The van der Waals surface area contributed by atoms with Crippen LogP contribution in [0.4, 0.5) is 35.4 Å². The van der Waals surface area contributed by atoms with E-state index in [0.29, 0.717) is 31.8 Å². The van der Waals surface area contributed by atoms with Gasteiger partial charge in [0.1, 0.15) is 22.9 Å². The Morgan fingerprint density at radius 2 is 1.22 bits per heavy atom. The van der Waals surface area contributed by atoms with Crippen LogP contribution in [0.25, 0.3) is 0 Å². The van der Waals surface area contributed by atoms with Crippen molar-refractivity contribution in [2.24, 2.45) is 23.7 Å². The number of hydrogen-bond donors (Lipinski definition) is 4. The summed E-state index contributed by atoms with van der Waals surface area (Å²) in [5.74, 6) is -10.2. The van der Waals surface area contributed by atoms with Gasteiger partial charge in [0, 0.05) is 54.6 Å². The van der Waals surface area contributed by atoms with Gasteiger partial charge < -0.3 is 44.1 Å². The fourth-order valence-corrected chi connectivity index (χ4v) is 5.70. The van der Waals surface area contributed by atoms with Gasteiger partial charge in [-0.15, -0.1) is 0 Å². The number of aliphatic hydroxyl groups is 4. The van der Waals surface area contributed by atoms with Crippen LogP contribution in [0, 0.1) is 52.8 Å². The molecule has 3 fully saturated rings. The first-order valence-electron chi connectivity index (χ1n) is 15.5. The Morgan fingerprint density at radius 3 is 1.67 bits per heavy atom. The lowest BCUT2D eigenvalue weighted by Crippen LogP contribution is -2.40. The second-order valence-corrected chi connectivity index (χ2v) is 12.1. The van der Waals surface area contributed by atoms with Crippen molar-refractivity contribution < 1.29 is 79.5 Å². The SMILES string of the molecule is F.OCC1CCC(C(CO)CO)OC1.OCC1CCC(C2COC(c3cc(F)c(C(F)(F)Oc4cc(F)c(F)c(F)c4)c(F)c3)OC2)OC1. The van der Waals surface area contributed by atoms with Crippen LogP contribution in [0.1, 0.15) is 43.1 Å². The molecule has 49 heavy (non-hydrogen) atoms. The molecule has 9 nitrogen and oxygen atoms in total. The average molecular weight is 721 g/mol. The lowest BCUT2D eigenvalue weighted by molar-refractivity contribution is -0.228. The molecular weight excluding hydrogens is 680 g/mol. The second kappa shape index (κ2) is 18.6. The van der Waals surface area contributed by atoms with Crippen LogP contribution in [0.2, 0.25) is 0 Å². The Labute approximate surface area is 276 Å². The van der Waals surface area contributed by atoms with E-state index in [2.05, 4.69) is 4.74 Å². The zero-order valence-electron chi connectivity index (χ0n) is 26.2. The number of rotatable bonds is 10. The summed E-state index contributed by atoms with van der Waals surface area (Å²) < 4.78 is 124. The van der Waals surface area contributed by atoms with Crippen molar-refractivity contribution in [2.75, 3.05) is 52.9 Å². The summed E-state index contributed by atoms with van der Waals surface area (Å²) in [6.07, 6.45) is -2.95. The van der Waals surface area contributed by atoms with Crippen molar-refractivity contribution >= 4 is 0 Å². The molecule has 3 saturated heterocycles. The predicted molar refractivity (Wildman–Crippen MR) is 155 cm³/mol. The minimum absolute atomic E-state index is 0. The van der Waals surface area contributed by atoms with Crippen molar-refractivity contribution in [3.63, 3.8) is 0 Å². The molecular formula is C32H40F8O9. The lowest BCUT2D eigenvalue weighted by Gasteiger charge is -2.37. The summed E-state index contributed by atoms with van der Waals surface area (Å²) in [5, 5.41) is 35.9. The number of halogens is 8. The van der Waals surface area contributed by atoms with Crippen LogP contribution >= 0.6 is 0 Å². The monoisotopic (exact) mass is 720 g/mol. The molecule has 0 radical (unpaired) electrons. The van der Waals surface area contributed by atoms with Gasteiger partial charge in [-0.25, -0.2) is 22.0 Å². The van der Waals surface area contributed by atoms with E-state index in [-0.39, 0.29) is 97.9 Å². The van der Waals surface area contributed by atoms with Crippen molar-refractivity contribution in [2.45, 2.75) is 50.3 Å². The van der Waals surface area contributed by atoms with Crippen LogP contribution in [-0.2, 0) is 25.1 Å². The van der Waals surface area contributed by atoms with Gasteiger partial charge in [0.2, 0.25) is 0 Å². The summed E-state index contributed by atoms with van der Waals surface area (Å²) in [5.41, 5.74) is -2.02. The maximum atomic E-state index is 14.6. The molecule has 0 aromatic heterocycles. The fraction of sp³-hybridized carbons (Fsp3) is 0.625. The van der Waals surface area contributed by atoms with Crippen molar-refractivity contribution in [3.8, 4) is 5.75 Å². The molecule has 0 spiro atoms. The number of alkyl halides is 2. The molecule has 17 heteroatoms. The van der Waals surface area contributed by atoms with Crippen molar-refractivity contribution in [1.82, 2.24) is 0 Å². The summed E-state index contributed by atoms with van der Waals surface area (Å²) in [7, 11) is 0. The Balaban J connectivity index is 0.000000392. The molecule has 0 bridgehead atoms. The van der Waals surface area contributed by atoms with E-state index in [4.69, 9.17) is 34.3 Å². The van der Waals surface area contributed by atoms with Gasteiger partial charge in [0.05, 0.1) is 51.8 Å². The minimum Gasteiger partial charge on any atom is -0.429 e. The minimum atomic E-state index is -4.69. The normalized spacial score (nSPS) is 26.0. The van der Waals surface area contributed by atoms with Gasteiger partial charge in [0.25, 0.3) is 0 Å². The van der Waals surface area contributed by atoms with Gasteiger partial charge in [-0.05, 0) is 37.8 Å². The lowest BCUT2D eigenvalue weighted by atomic mass is 9.92. The van der Waals surface area contributed by atoms with E-state index in [1.165, 1.54) is 0 Å². The third-order valence-corrected chi connectivity index (χ3v) is 8.60. The molecule has 278 valence electrons. The second-order valence-electron chi connectivity index (χ2n) is 12.1. The highest BCUT2D eigenvalue weighted by Gasteiger charge is 2.42. The van der Waals surface area contributed by atoms with Crippen LogP contribution in [0.5, 0.6) is 5.75 Å². The molecule has 2 aromatic rings. The van der Waals surface area contributed by atoms with E-state index in [0.717, 1.165) is 19.3 Å². The number of benzene rings is 2. The highest BCUT2D eigenvalue weighted by molar-refractivity contribution is 5.32.